The lowest BCUT2D eigenvalue weighted by molar-refractivity contribution is -0.151. The first-order valence-corrected chi connectivity index (χ1v) is 12.8. The van der Waals surface area contributed by atoms with Crippen molar-refractivity contribution >= 4 is 11.6 Å². The normalized spacial score (nSPS) is 28.5. The van der Waals surface area contributed by atoms with Gasteiger partial charge in [-0.05, 0) is 55.2 Å². The largest absolute Gasteiger partial charge is 0.508 e. The van der Waals surface area contributed by atoms with Gasteiger partial charge in [0, 0.05) is 16.9 Å². The van der Waals surface area contributed by atoms with Gasteiger partial charge in [0.1, 0.15) is 5.75 Å². The van der Waals surface area contributed by atoms with Crippen molar-refractivity contribution in [2.75, 3.05) is 0 Å². The Hall–Kier alpha value is -4.20. The first-order chi connectivity index (χ1) is 18.0. The number of aromatic hydroxyl groups is 1. The van der Waals surface area contributed by atoms with E-state index in [4.69, 9.17) is 0 Å². The maximum absolute atomic E-state index is 14.1. The molecule has 38 heavy (non-hydrogen) atoms. The van der Waals surface area contributed by atoms with Crippen LogP contribution in [0.4, 0.5) is 0 Å². The molecule has 3 aliphatic rings. The molecule has 1 aliphatic heterocycles. The molecule has 0 saturated heterocycles. The number of allylic oxidation sites excluding steroid dienone is 4. The van der Waals surface area contributed by atoms with E-state index in [9.17, 15) is 24.3 Å². The van der Waals surface area contributed by atoms with Crippen LogP contribution in [0.2, 0.25) is 0 Å². The Bertz CT molecular complexity index is 1720. The first-order valence-electron chi connectivity index (χ1n) is 12.8. The second-order valence-electron chi connectivity index (χ2n) is 11.0. The van der Waals surface area contributed by atoms with Crippen LogP contribution in [0.1, 0.15) is 51.6 Å². The number of para-hydroxylation sites is 2. The van der Waals surface area contributed by atoms with E-state index in [1.807, 2.05) is 19.1 Å². The minimum atomic E-state index is -1.21. The van der Waals surface area contributed by atoms with Crippen molar-refractivity contribution in [2.24, 2.45) is 10.8 Å². The number of rotatable bonds is 2. The monoisotopic (exact) mass is 511 g/mol. The lowest BCUT2D eigenvalue weighted by Crippen LogP contribution is -2.61. The molecule has 8 heteroatoms. The van der Waals surface area contributed by atoms with Crippen molar-refractivity contribution in [3.63, 3.8) is 0 Å². The third-order valence-electron chi connectivity index (χ3n) is 9.38. The second kappa shape index (κ2) is 7.90. The lowest BCUT2D eigenvalue weighted by atomic mass is 9.43. The fraction of sp³-hybridized carbons (Fsp3) is 0.333. The average molecular weight is 512 g/mol. The number of fused-ring (bicyclic) bond motifs is 4. The highest BCUT2D eigenvalue weighted by molar-refractivity contribution is 6.17. The summed E-state index contributed by atoms with van der Waals surface area (Å²) in [5.74, 6) is -0.944. The molecule has 2 aliphatic carbocycles. The maximum Gasteiger partial charge on any atom is 0.352 e. The van der Waals surface area contributed by atoms with Crippen LogP contribution in [-0.2, 0) is 16.1 Å². The zero-order valence-electron chi connectivity index (χ0n) is 21.8. The summed E-state index contributed by atoms with van der Waals surface area (Å²) in [4.78, 5) is 55.5. The van der Waals surface area contributed by atoms with Gasteiger partial charge in [-0.15, -0.1) is 0 Å². The number of hydrogen-bond acceptors (Lipinski definition) is 5. The van der Waals surface area contributed by atoms with Crippen LogP contribution in [-0.4, -0.2) is 30.6 Å². The summed E-state index contributed by atoms with van der Waals surface area (Å²) in [7, 11) is 0. The maximum atomic E-state index is 14.1. The van der Waals surface area contributed by atoms with E-state index < -0.39 is 34.2 Å². The van der Waals surface area contributed by atoms with Crippen molar-refractivity contribution in [1.82, 2.24) is 13.9 Å². The molecule has 0 bridgehead atoms. The highest BCUT2D eigenvalue weighted by Gasteiger charge is 2.67. The molecular weight excluding hydrogens is 482 g/mol. The molecule has 1 fully saturated rings. The van der Waals surface area contributed by atoms with Gasteiger partial charge >= 0.3 is 11.4 Å². The van der Waals surface area contributed by atoms with Crippen LogP contribution in [0.25, 0.3) is 5.69 Å². The van der Waals surface area contributed by atoms with E-state index in [-0.39, 0.29) is 30.3 Å². The van der Waals surface area contributed by atoms with Crippen LogP contribution in [0.3, 0.4) is 0 Å². The summed E-state index contributed by atoms with van der Waals surface area (Å²) in [6.07, 6.45) is 2.06. The van der Waals surface area contributed by atoms with Gasteiger partial charge in [-0.3, -0.25) is 9.59 Å². The van der Waals surface area contributed by atoms with Gasteiger partial charge in [0.15, 0.2) is 11.6 Å². The number of phenols is 1. The molecule has 2 heterocycles. The number of carbonyl (C=O) groups is 2. The van der Waals surface area contributed by atoms with E-state index in [1.54, 1.807) is 69.3 Å². The van der Waals surface area contributed by atoms with Crippen molar-refractivity contribution < 1.29 is 14.7 Å². The SMILES string of the molecule is CC1=C(C)C(=O)[C@@]2(C)[C@@H](c3ccccc3O)C3=CCn4c(=O)n(-c5ccccc5)c(=O)n4[C@@H]3C[C@@]2(C)C1=O. The summed E-state index contributed by atoms with van der Waals surface area (Å²) in [6.45, 7) is 7.11. The summed E-state index contributed by atoms with van der Waals surface area (Å²) in [5, 5.41) is 11.0. The first kappa shape index (κ1) is 24.2. The molecule has 0 amide bonds. The number of phenolic OH excluding ortho intramolecular Hbond substituents is 1. The molecule has 3 aromatic rings. The smallest absolute Gasteiger partial charge is 0.352 e. The van der Waals surface area contributed by atoms with Crippen molar-refractivity contribution in [2.45, 2.75) is 52.6 Å². The standard InChI is InChI=1S/C30H29N3O5/c1-17-18(2)26(36)30(4)24(21-12-8-9-13-23(21)34)20-14-15-31-27(37)32(19-10-6-5-7-11-19)28(38)33(31)22(20)16-29(30,3)25(17)35/h5-14,22,24,34H,15-16H2,1-4H3/t22-,24-,29+,30-/m1/s1. The average Bonchev–Trinajstić information content (AvgIpc) is 3.17. The fourth-order valence-corrected chi connectivity index (χ4v) is 7.07. The number of ketones is 2. The molecule has 8 nitrogen and oxygen atoms in total. The molecule has 2 aromatic carbocycles. The quantitative estimate of drug-likeness (QED) is 0.529. The zero-order chi connectivity index (χ0) is 27.1. The van der Waals surface area contributed by atoms with E-state index in [1.165, 1.54) is 9.36 Å². The lowest BCUT2D eigenvalue weighted by Gasteiger charge is -2.58. The Kier molecular flexibility index (Phi) is 5.02. The Labute approximate surface area is 219 Å². The van der Waals surface area contributed by atoms with Gasteiger partial charge in [-0.2, -0.15) is 0 Å². The van der Waals surface area contributed by atoms with Crippen LogP contribution in [0.15, 0.2) is 87.0 Å². The van der Waals surface area contributed by atoms with Crippen LogP contribution < -0.4 is 11.4 Å². The van der Waals surface area contributed by atoms with Gasteiger partial charge in [0.05, 0.1) is 23.7 Å². The number of Topliss-reactive ketones (excluding diaryl/α,β-unsaturated/α-hetero) is 2. The Morgan fingerprint density at radius 3 is 2.16 bits per heavy atom. The number of carbonyl (C=O) groups excluding carboxylic acids is 2. The number of nitrogens with zero attached hydrogens (tertiary/aromatic N) is 3. The molecule has 194 valence electrons. The minimum absolute atomic E-state index is 0.0176. The molecule has 1 saturated carbocycles. The van der Waals surface area contributed by atoms with E-state index in [0.29, 0.717) is 22.4 Å². The minimum Gasteiger partial charge on any atom is -0.508 e. The van der Waals surface area contributed by atoms with Crippen molar-refractivity contribution in [1.29, 1.82) is 0 Å². The third-order valence-corrected chi connectivity index (χ3v) is 9.38. The molecule has 0 unspecified atom stereocenters. The summed E-state index contributed by atoms with van der Waals surface area (Å²) in [6, 6.07) is 14.9. The van der Waals surface area contributed by atoms with E-state index in [2.05, 4.69) is 0 Å². The molecule has 1 aromatic heterocycles. The van der Waals surface area contributed by atoms with Crippen molar-refractivity contribution in [3.05, 3.63) is 104 Å². The molecule has 0 radical (unpaired) electrons. The highest BCUT2D eigenvalue weighted by Crippen LogP contribution is 2.66. The van der Waals surface area contributed by atoms with Gasteiger partial charge in [0.25, 0.3) is 0 Å². The number of hydrogen-bond donors (Lipinski definition) is 1. The van der Waals surface area contributed by atoms with Crippen LogP contribution in [0.5, 0.6) is 5.75 Å². The van der Waals surface area contributed by atoms with Crippen LogP contribution >= 0.6 is 0 Å². The highest BCUT2D eigenvalue weighted by atomic mass is 16.3. The Morgan fingerprint density at radius 1 is 0.842 bits per heavy atom. The third kappa shape index (κ3) is 2.80. The van der Waals surface area contributed by atoms with Crippen molar-refractivity contribution in [3.8, 4) is 11.4 Å². The number of aromatic nitrogens is 3. The molecule has 0 spiro atoms. The predicted octanol–water partition coefficient (Wildman–Crippen LogP) is 3.68. The molecule has 6 rings (SSSR count). The number of benzene rings is 2. The topological polar surface area (TPSA) is 103 Å². The Morgan fingerprint density at radius 2 is 1.47 bits per heavy atom. The fourth-order valence-electron chi connectivity index (χ4n) is 7.07. The van der Waals surface area contributed by atoms with Crippen LogP contribution in [0, 0.1) is 10.8 Å². The second-order valence-corrected chi connectivity index (χ2v) is 11.0. The van der Waals surface area contributed by atoms with E-state index >= 15 is 0 Å². The molecule has 4 atom stereocenters. The Balaban J connectivity index is 1.66. The van der Waals surface area contributed by atoms with Gasteiger partial charge in [0.2, 0.25) is 0 Å². The zero-order valence-corrected chi connectivity index (χ0v) is 21.8. The summed E-state index contributed by atoms with van der Waals surface area (Å²) in [5.41, 5.74) is -0.774. The molecular formula is C30H29N3O5. The summed E-state index contributed by atoms with van der Waals surface area (Å²) < 4.78 is 3.99. The summed E-state index contributed by atoms with van der Waals surface area (Å²) >= 11 is 0. The van der Waals surface area contributed by atoms with Gasteiger partial charge in [-0.1, -0.05) is 56.3 Å². The molecule has 1 N–H and O–H groups in total. The van der Waals surface area contributed by atoms with E-state index in [0.717, 1.165) is 10.1 Å². The predicted molar refractivity (Wildman–Crippen MR) is 141 cm³/mol. The van der Waals surface area contributed by atoms with Gasteiger partial charge in [-0.25, -0.2) is 23.5 Å². The van der Waals surface area contributed by atoms with Gasteiger partial charge < -0.3 is 5.11 Å².